The Morgan fingerprint density at radius 2 is 1.70 bits per heavy atom. The van der Waals surface area contributed by atoms with Gasteiger partial charge in [0.1, 0.15) is 11.5 Å². The zero-order chi connectivity index (χ0) is 21.9. The van der Waals surface area contributed by atoms with Gasteiger partial charge in [0.05, 0.1) is 11.4 Å². The molecular weight excluding hydrogens is 412 g/mol. The van der Waals surface area contributed by atoms with Crippen LogP contribution in [0.5, 0.6) is 11.5 Å². The maximum atomic E-state index is 9.55. The molecule has 0 bridgehead atoms. The van der Waals surface area contributed by atoms with Crippen molar-refractivity contribution in [1.82, 2.24) is 5.32 Å². The van der Waals surface area contributed by atoms with Gasteiger partial charge >= 0.3 is 11.9 Å². The summed E-state index contributed by atoms with van der Waals surface area (Å²) in [5.41, 5.74) is 2.00. The number of para-hydroxylation sites is 2. The van der Waals surface area contributed by atoms with Gasteiger partial charge < -0.3 is 29.9 Å². The largest absolute Gasteiger partial charge is 0.478 e. The third-order valence-corrected chi connectivity index (χ3v) is 4.21. The number of aliphatic carboxylic acids is 2. The minimum atomic E-state index is -1.26. The van der Waals surface area contributed by atoms with Gasteiger partial charge in [0.25, 0.3) is 0 Å². The number of carboxylic acids is 2. The average molecular weight is 435 g/mol. The Morgan fingerprint density at radius 3 is 2.33 bits per heavy atom. The van der Waals surface area contributed by atoms with Crippen LogP contribution in [0.2, 0.25) is 5.02 Å². The molecule has 2 aromatic carbocycles. The number of anilines is 2. The zero-order valence-electron chi connectivity index (χ0n) is 16.4. The molecule has 0 atom stereocenters. The molecule has 0 amide bonds. The summed E-state index contributed by atoms with van der Waals surface area (Å²) in [6.07, 6.45) is 2.11. The van der Waals surface area contributed by atoms with Crippen LogP contribution in [0.4, 0.5) is 11.4 Å². The van der Waals surface area contributed by atoms with Crippen molar-refractivity contribution in [2.45, 2.75) is 6.42 Å². The summed E-state index contributed by atoms with van der Waals surface area (Å²) >= 11 is 6.20. The molecule has 30 heavy (non-hydrogen) atoms. The second-order valence-corrected chi connectivity index (χ2v) is 6.54. The highest BCUT2D eigenvalue weighted by molar-refractivity contribution is 6.31. The highest BCUT2D eigenvalue weighted by atomic mass is 35.5. The molecule has 2 aromatic rings. The third-order valence-electron chi connectivity index (χ3n) is 3.97. The molecule has 0 aromatic heterocycles. The molecule has 1 aliphatic rings. The number of hydrogen-bond donors (Lipinski definition) is 3. The van der Waals surface area contributed by atoms with Gasteiger partial charge in [0.15, 0.2) is 0 Å². The van der Waals surface area contributed by atoms with E-state index in [1.54, 1.807) is 0 Å². The van der Waals surface area contributed by atoms with E-state index in [0.717, 1.165) is 42.4 Å². The topological polar surface area (TPSA) is 108 Å². The monoisotopic (exact) mass is 434 g/mol. The van der Waals surface area contributed by atoms with Gasteiger partial charge in [0, 0.05) is 23.7 Å². The summed E-state index contributed by atoms with van der Waals surface area (Å²) in [5.74, 6) is -0.916. The smallest absolute Gasteiger partial charge is 0.328 e. The Labute approximate surface area is 179 Å². The lowest BCUT2D eigenvalue weighted by Crippen LogP contribution is -2.25. The normalized spacial score (nSPS) is 12.3. The third kappa shape index (κ3) is 6.98. The maximum Gasteiger partial charge on any atom is 0.328 e. The lowest BCUT2D eigenvalue weighted by molar-refractivity contribution is -0.134. The number of halogens is 1. The number of ether oxygens (including phenoxy) is 2. The lowest BCUT2D eigenvalue weighted by atomic mass is 10.2. The first kappa shape index (κ1) is 23.1. The molecule has 160 valence electrons. The van der Waals surface area contributed by atoms with Crippen molar-refractivity contribution in [3.05, 3.63) is 59.6 Å². The standard InChI is InChI=1S/C17H19ClN2O2.C4H4O4/c1-19-9-4-10-20-14-5-2-3-6-16(14)21-12-22-17-8-7-13(18)11-15(17)20;5-3(6)1-2-4(7)8/h2-3,5-8,11,19H,4,9-10,12H2,1H3;1-2H,(H,5,6)(H,7,8)/b;2-1-. The fourth-order valence-electron chi connectivity index (χ4n) is 2.71. The van der Waals surface area contributed by atoms with E-state index < -0.39 is 11.9 Å². The van der Waals surface area contributed by atoms with Gasteiger partial charge in [-0.05, 0) is 50.3 Å². The maximum absolute atomic E-state index is 9.55. The van der Waals surface area contributed by atoms with E-state index in [4.69, 9.17) is 31.3 Å². The number of carbonyl (C=O) groups is 2. The summed E-state index contributed by atoms with van der Waals surface area (Å²) in [6.45, 7) is 1.98. The second kappa shape index (κ2) is 11.7. The number of hydrogen-bond acceptors (Lipinski definition) is 6. The number of carboxylic acid groups (broad SMARTS) is 2. The van der Waals surface area contributed by atoms with E-state index in [2.05, 4.69) is 16.3 Å². The van der Waals surface area contributed by atoms with E-state index in [0.29, 0.717) is 17.2 Å². The minimum Gasteiger partial charge on any atom is -0.478 e. The predicted molar refractivity (Wildman–Crippen MR) is 114 cm³/mol. The molecule has 1 heterocycles. The van der Waals surface area contributed by atoms with E-state index >= 15 is 0 Å². The number of benzene rings is 2. The van der Waals surface area contributed by atoms with Crippen LogP contribution in [0.15, 0.2) is 54.6 Å². The highest BCUT2D eigenvalue weighted by Gasteiger charge is 2.20. The van der Waals surface area contributed by atoms with E-state index in [1.165, 1.54) is 0 Å². The SMILES string of the molecule is CNCCCN1c2ccccc2OCOc2ccc(Cl)cc21.O=C(O)/C=C\C(=O)O. The fourth-order valence-corrected chi connectivity index (χ4v) is 2.88. The molecular formula is C21H23ClN2O6. The van der Waals surface area contributed by atoms with Crippen LogP contribution in [0.25, 0.3) is 0 Å². The summed E-state index contributed by atoms with van der Waals surface area (Å²) in [5, 5.41) is 19.5. The van der Waals surface area contributed by atoms with Crippen molar-refractivity contribution in [2.24, 2.45) is 0 Å². The van der Waals surface area contributed by atoms with Crippen molar-refractivity contribution < 1.29 is 29.3 Å². The second-order valence-electron chi connectivity index (χ2n) is 6.10. The molecule has 0 saturated heterocycles. The quantitative estimate of drug-likeness (QED) is 0.468. The number of nitrogens with zero attached hydrogens (tertiary/aromatic N) is 1. The fraction of sp³-hybridized carbons (Fsp3) is 0.238. The van der Waals surface area contributed by atoms with Gasteiger partial charge in [-0.25, -0.2) is 9.59 Å². The molecule has 1 aliphatic heterocycles. The van der Waals surface area contributed by atoms with Crippen molar-refractivity contribution in [1.29, 1.82) is 0 Å². The first-order valence-corrected chi connectivity index (χ1v) is 9.50. The Hall–Kier alpha value is -3.23. The Kier molecular flexibility index (Phi) is 8.99. The van der Waals surface area contributed by atoms with Gasteiger partial charge in [-0.1, -0.05) is 23.7 Å². The predicted octanol–water partition coefficient (Wildman–Crippen LogP) is 3.53. The van der Waals surface area contributed by atoms with Gasteiger partial charge in [-0.2, -0.15) is 0 Å². The van der Waals surface area contributed by atoms with Crippen LogP contribution < -0.4 is 19.7 Å². The molecule has 0 spiro atoms. The molecule has 0 radical (unpaired) electrons. The van der Waals surface area contributed by atoms with Crippen LogP contribution in [-0.2, 0) is 9.59 Å². The van der Waals surface area contributed by atoms with Gasteiger partial charge in [-0.15, -0.1) is 0 Å². The average Bonchev–Trinajstić information content (AvgIpc) is 2.71. The molecule has 0 unspecified atom stereocenters. The molecule has 8 nitrogen and oxygen atoms in total. The first-order chi connectivity index (χ1) is 14.4. The van der Waals surface area contributed by atoms with Crippen molar-refractivity contribution in [3.8, 4) is 11.5 Å². The minimum absolute atomic E-state index is 0.190. The van der Waals surface area contributed by atoms with Crippen LogP contribution in [0.1, 0.15) is 6.42 Å². The van der Waals surface area contributed by atoms with Crippen molar-refractivity contribution in [2.75, 3.05) is 31.8 Å². The summed E-state index contributed by atoms with van der Waals surface area (Å²) in [4.78, 5) is 21.3. The van der Waals surface area contributed by atoms with Crippen LogP contribution in [0.3, 0.4) is 0 Å². The van der Waals surface area contributed by atoms with Crippen molar-refractivity contribution in [3.63, 3.8) is 0 Å². The Morgan fingerprint density at radius 1 is 1.07 bits per heavy atom. The molecule has 0 fully saturated rings. The van der Waals surface area contributed by atoms with Gasteiger partial charge in [0.2, 0.25) is 6.79 Å². The van der Waals surface area contributed by atoms with Crippen molar-refractivity contribution >= 4 is 34.9 Å². The summed E-state index contributed by atoms with van der Waals surface area (Å²) < 4.78 is 11.5. The van der Waals surface area contributed by atoms with Gasteiger partial charge in [-0.3, -0.25) is 0 Å². The lowest BCUT2D eigenvalue weighted by Gasteiger charge is -2.31. The summed E-state index contributed by atoms with van der Waals surface area (Å²) in [6, 6.07) is 13.7. The molecule has 9 heteroatoms. The number of fused-ring (bicyclic) bond motifs is 2. The van der Waals surface area contributed by atoms with Crippen LogP contribution in [-0.4, -0.2) is 49.1 Å². The first-order valence-electron chi connectivity index (χ1n) is 9.12. The highest BCUT2D eigenvalue weighted by Crippen LogP contribution is 2.41. The van der Waals surface area contributed by atoms with E-state index in [1.807, 2.05) is 43.4 Å². The van der Waals surface area contributed by atoms with Crippen LogP contribution in [0, 0.1) is 0 Å². The number of rotatable bonds is 6. The molecule has 0 aliphatic carbocycles. The molecule has 3 N–H and O–H groups in total. The number of nitrogens with one attached hydrogen (secondary N) is 1. The summed E-state index contributed by atoms with van der Waals surface area (Å²) in [7, 11) is 1.96. The Balaban J connectivity index is 0.000000343. The molecule has 3 rings (SSSR count). The Bertz CT molecular complexity index is 887. The van der Waals surface area contributed by atoms with E-state index in [9.17, 15) is 9.59 Å². The zero-order valence-corrected chi connectivity index (χ0v) is 17.1. The van der Waals surface area contributed by atoms with E-state index in [-0.39, 0.29) is 6.79 Å². The van der Waals surface area contributed by atoms with Crippen LogP contribution >= 0.6 is 11.6 Å². The molecule has 0 saturated carbocycles.